The summed E-state index contributed by atoms with van der Waals surface area (Å²) in [6.45, 7) is 0. The van der Waals surface area contributed by atoms with Gasteiger partial charge in [0.2, 0.25) is 0 Å². The molecule has 0 aliphatic carbocycles. The Morgan fingerprint density at radius 3 is 0.630 bits per heavy atom. The minimum absolute atomic E-state index is 0.637. The highest BCUT2D eigenvalue weighted by atomic mass is 15.0. The Morgan fingerprint density at radius 1 is 0.130 bits per heavy atom. The number of hydrogen-bond donors (Lipinski definition) is 0. The zero-order valence-electron chi connectivity index (χ0n) is 58.7. The lowest BCUT2D eigenvalue weighted by Crippen LogP contribution is -2.01. The van der Waals surface area contributed by atoms with Crippen molar-refractivity contribution in [2.24, 2.45) is 0 Å². The molecule has 0 spiro atoms. The molecule has 4 aromatic heterocycles. The molecule has 0 radical (unpaired) electrons. The Labute approximate surface area is 625 Å². The predicted molar refractivity (Wildman–Crippen MR) is 446 cm³/mol. The molecule has 0 saturated heterocycles. The van der Waals surface area contributed by atoms with Crippen LogP contribution in [-0.4, -0.2) is 39.0 Å². The maximum Gasteiger partial charge on any atom is 0.164 e. The molecule has 0 saturated carbocycles. The number of rotatable bonds is 13. The van der Waals surface area contributed by atoms with E-state index in [1.165, 1.54) is 60.3 Å². The van der Waals surface area contributed by atoms with Crippen LogP contribution in [0.25, 0.3) is 190 Å². The summed E-state index contributed by atoms with van der Waals surface area (Å²) in [5, 5.41) is 7.27. The fourth-order valence-corrected chi connectivity index (χ4v) is 15.0. The van der Waals surface area contributed by atoms with Crippen LogP contribution in [0, 0.1) is 0 Å². The standard InChI is InChI=1S/C51H34N4.C49H32N4/c1-3-11-35(12-4-1)36-19-21-37(22-20-36)38-23-27-42(28-24-38)50-52-49(41-13-5-2-6-14-41)53-51(54-50)43-29-25-39(26-30-43)40-31-33-44(34-32-40)55-47-17-9-7-15-45(47)46-16-8-10-18-48(46)55;1-3-13-33(14-4-1)34-23-25-37(26-24-34)48-50-47(36-15-5-2-6-16-36)51-49(52-48)44-32-31-39(40-17-7-8-18-41(40)44)35-27-29-38(30-28-35)53-45-21-11-9-19-42(45)43-20-10-12-22-46(43)53/h1-34H;1-32H. The first-order valence-electron chi connectivity index (χ1n) is 36.4. The Bertz CT molecular complexity index is 6540. The van der Waals surface area contributed by atoms with E-state index in [2.05, 4.69) is 337 Å². The van der Waals surface area contributed by atoms with Gasteiger partial charge < -0.3 is 9.13 Å². The highest BCUT2D eigenvalue weighted by molar-refractivity contribution is 6.11. The van der Waals surface area contributed by atoms with E-state index in [4.69, 9.17) is 29.9 Å². The summed E-state index contributed by atoms with van der Waals surface area (Å²) < 4.78 is 4.70. The molecule has 20 aromatic rings. The molecule has 0 aliphatic rings. The van der Waals surface area contributed by atoms with Crippen LogP contribution in [0.5, 0.6) is 0 Å². The van der Waals surface area contributed by atoms with Crippen LogP contribution in [0.3, 0.4) is 0 Å². The first-order chi connectivity index (χ1) is 53.5. The predicted octanol–water partition coefficient (Wildman–Crippen LogP) is 25.4. The van der Waals surface area contributed by atoms with Crippen molar-refractivity contribution in [1.82, 2.24) is 39.0 Å². The largest absolute Gasteiger partial charge is 0.309 e. The van der Waals surface area contributed by atoms with Crippen molar-refractivity contribution in [2.75, 3.05) is 0 Å². The smallest absolute Gasteiger partial charge is 0.164 e. The minimum atomic E-state index is 0.637. The lowest BCUT2D eigenvalue weighted by molar-refractivity contribution is 1.07. The first kappa shape index (κ1) is 64.3. The molecule has 0 atom stereocenters. The fraction of sp³-hybridized carbons (Fsp3) is 0. The van der Waals surface area contributed by atoms with Crippen LogP contribution in [0.1, 0.15) is 0 Å². The topological polar surface area (TPSA) is 87.2 Å². The molecular weight excluding hydrogens is 1310 g/mol. The van der Waals surface area contributed by atoms with Gasteiger partial charge in [-0.2, -0.15) is 0 Å². The average molecular weight is 1380 g/mol. The number of para-hydroxylation sites is 4. The normalized spacial score (nSPS) is 11.3. The second-order valence-electron chi connectivity index (χ2n) is 26.9. The van der Waals surface area contributed by atoms with Crippen molar-refractivity contribution in [3.8, 4) is 135 Å². The highest BCUT2D eigenvalue weighted by Gasteiger charge is 2.20. The van der Waals surface area contributed by atoms with Gasteiger partial charge in [0, 0.05) is 66.3 Å². The summed E-state index contributed by atoms with van der Waals surface area (Å²) in [6.07, 6.45) is 0. The highest BCUT2D eigenvalue weighted by Crippen LogP contribution is 2.40. The molecule has 16 aromatic carbocycles. The SMILES string of the molecule is c1ccc(-c2ccc(-c3ccc(-c4nc(-c5ccccc5)nc(-c5ccc(-c6ccc(-n7c8ccccc8c8ccccc87)cc6)cc5)n4)cc3)cc2)cc1.c1ccc(-c2ccc(-c3nc(-c4ccccc4)nc(-c4ccc(-c5ccc(-n6c7ccccc7c7ccccc76)cc5)c5ccccc45)n3)cc2)cc1. The van der Waals surface area contributed by atoms with E-state index >= 15 is 0 Å². The molecule has 0 bridgehead atoms. The molecule has 0 amide bonds. The van der Waals surface area contributed by atoms with Gasteiger partial charge in [0.15, 0.2) is 34.9 Å². The van der Waals surface area contributed by atoms with Crippen molar-refractivity contribution in [1.29, 1.82) is 0 Å². The number of fused-ring (bicyclic) bond motifs is 7. The summed E-state index contributed by atoms with van der Waals surface area (Å²) in [4.78, 5) is 30.1. The zero-order valence-corrected chi connectivity index (χ0v) is 58.7. The Kier molecular flexibility index (Phi) is 16.8. The van der Waals surface area contributed by atoms with E-state index in [0.717, 1.165) is 94.5 Å². The monoisotopic (exact) mass is 1380 g/mol. The summed E-state index contributed by atoms with van der Waals surface area (Å²) in [7, 11) is 0. The summed E-state index contributed by atoms with van der Waals surface area (Å²) in [5.74, 6) is 3.85. The number of hydrogen-bond acceptors (Lipinski definition) is 6. The van der Waals surface area contributed by atoms with E-state index in [0.29, 0.717) is 34.9 Å². The van der Waals surface area contributed by atoms with Gasteiger partial charge in [0.1, 0.15) is 0 Å². The Morgan fingerprint density at radius 2 is 0.324 bits per heavy atom. The molecule has 506 valence electrons. The first-order valence-corrected chi connectivity index (χ1v) is 36.4. The van der Waals surface area contributed by atoms with Gasteiger partial charge in [-0.3, -0.25) is 0 Å². The van der Waals surface area contributed by atoms with Gasteiger partial charge in [-0.15, -0.1) is 0 Å². The maximum atomic E-state index is 5.12. The van der Waals surface area contributed by atoms with Gasteiger partial charge in [-0.1, -0.05) is 346 Å². The third-order valence-corrected chi connectivity index (χ3v) is 20.4. The van der Waals surface area contributed by atoms with E-state index in [1.54, 1.807) is 0 Å². The van der Waals surface area contributed by atoms with Crippen LogP contribution in [0.4, 0.5) is 0 Å². The number of aromatic nitrogens is 8. The molecule has 4 heterocycles. The Hall–Kier alpha value is -14.6. The second-order valence-corrected chi connectivity index (χ2v) is 26.9. The lowest BCUT2D eigenvalue weighted by Gasteiger charge is -2.14. The molecule has 8 heteroatoms. The Balaban J connectivity index is 0.000000147. The van der Waals surface area contributed by atoms with Gasteiger partial charge in [-0.25, -0.2) is 29.9 Å². The molecule has 20 rings (SSSR count). The number of nitrogens with zero attached hydrogens (tertiary/aromatic N) is 8. The summed E-state index contributed by atoms with van der Waals surface area (Å²) in [5.41, 5.74) is 24.4. The van der Waals surface area contributed by atoms with Crippen molar-refractivity contribution in [2.45, 2.75) is 0 Å². The van der Waals surface area contributed by atoms with Crippen molar-refractivity contribution >= 4 is 54.4 Å². The third-order valence-electron chi connectivity index (χ3n) is 20.4. The van der Waals surface area contributed by atoms with Crippen LogP contribution >= 0.6 is 0 Å². The van der Waals surface area contributed by atoms with E-state index in [9.17, 15) is 0 Å². The van der Waals surface area contributed by atoms with Gasteiger partial charge in [-0.05, 0) is 121 Å². The van der Waals surface area contributed by atoms with Gasteiger partial charge in [0.05, 0.1) is 22.1 Å². The van der Waals surface area contributed by atoms with Crippen LogP contribution in [0.2, 0.25) is 0 Å². The zero-order chi connectivity index (χ0) is 71.7. The van der Waals surface area contributed by atoms with Gasteiger partial charge in [0.25, 0.3) is 0 Å². The van der Waals surface area contributed by atoms with Crippen LogP contribution in [0.15, 0.2) is 400 Å². The van der Waals surface area contributed by atoms with Crippen LogP contribution in [-0.2, 0) is 0 Å². The maximum absolute atomic E-state index is 5.12. The van der Waals surface area contributed by atoms with Crippen molar-refractivity contribution < 1.29 is 0 Å². The summed E-state index contributed by atoms with van der Waals surface area (Å²) in [6, 6.07) is 140. The summed E-state index contributed by atoms with van der Waals surface area (Å²) >= 11 is 0. The molecule has 108 heavy (non-hydrogen) atoms. The molecule has 0 aliphatic heterocycles. The van der Waals surface area contributed by atoms with E-state index < -0.39 is 0 Å². The molecule has 8 nitrogen and oxygen atoms in total. The van der Waals surface area contributed by atoms with Crippen LogP contribution < -0.4 is 0 Å². The third kappa shape index (κ3) is 12.4. The number of benzene rings is 16. The molecular formula is C100H66N8. The van der Waals surface area contributed by atoms with E-state index in [-0.39, 0.29) is 0 Å². The molecule has 0 fully saturated rings. The van der Waals surface area contributed by atoms with Crippen molar-refractivity contribution in [3.05, 3.63) is 400 Å². The molecule has 0 unspecified atom stereocenters. The quantitative estimate of drug-likeness (QED) is 0.114. The molecule has 0 N–H and O–H groups in total. The van der Waals surface area contributed by atoms with Gasteiger partial charge >= 0.3 is 0 Å². The fourth-order valence-electron chi connectivity index (χ4n) is 15.0. The minimum Gasteiger partial charge on any atom is -0.309 e. The average Bonchev–Trinajstić information content (AvgIpc) is 1.59. The van der Waals surface area contributed by atoms with Crippen molar-refractivity contribution in [3.63, 3.8) is 0 Å². The lowest BCUT2D eigenvalue weighted by atomic mass is 9.94. The van der Waals surface area contributed by atoms with E-state index in [1.807, 2.05) is 72.8 Å². The second kappa shape index (κ2) is 28.2.